The first kappa shape index (κ1) is 22.3. The molecular weight excluding hydrogens is 396 g/mol. The average Bonchev–Trinajstić information content (AvgIpc) is 3.06. The largest absolute Gasteiger partial charge is 0.481 e. The summed E-state index contributed by atoms with van der Waals surface area (Å²) in [7, 11) is 0. The number of fused-ring (bicyclic) bond motifs is 3. The van der Waals surface area contributed by atoms with E-state index in [0.717, 1.165) is 28.7 Å². The van der Waals surface area contributed by atoms with Gasteiger partial charge in [-0.1, -0.05) is 61.9 Å². The van der Waals surface area contributed by atoms with Crippen molar-refractivity contribution in [1.82, 2.24) is 10.6 Å². The summed E-state index contributed by atoms with van der Waals surface area (Å²) in [5.41, 5.74) is 4.50. The SMILES string of the molecule is CCCC(CC(=O)O)NC(=O)C(C)NC(=O)OCC1c2ccccc2-c2ccccc21. The third kappa shape index (κ3) is 5.42. The molecule has 0 radical (unpaired) electrons. The van der Waals surface area contributed by atoms with Gasteiger partial charge in [0.1, 0.15) is 12.6 Å². The van der Waals surface area contributed by atoms with Crippen LogP contribution < -0.4 is 10.6 Å². The molecule has 164 valence electrons. The number of rotatable bonds is 9. The van der Waals surface area contributed by atoms with Crippen LogP contribution in [0.1, 0.15) is 50.2 Å². The summed E-state index contributed by atoms with van der Waals surface area (Å²) in [4.78, 5) is 35.6. The smallest absolute Gasteiger partial charge is 0.407 e. The molecule has 0 saturated heterocycles. The molecule has 2 aromatic carbocycles. The van der Waals surface area contributed by atoms with Crippen LogP contribution in [0.15, 0.2) is 48.5 Å². The van der Waals surface area contributed by atoms with Gasteiger partial charge in [-0.05, 0) is 35.6 Å². The first-order chi connectivity index (χ1) is 14.9. The standard InChI is InChI=1S/C24H28N2O5/c1-3-8-16(13-22(27)28)26-23(29)15(2)25-24(30)31-14-21-19-11-6-4-9-17(19)18-10-5-7-12-20(18)21/h4-7,9-12,15-16,21H,3,8,13-14H2,1-2H3,(H,25,30)(H,26,29)(H,27,28). The van der Waals surface area contributed by atoms with Crippen LogP contribution in [0.2, 0.25) is 0 Å². The summed E-state index contributed by atoms with van der Waals surface area (Å²) >= 11 is 0. The van der Waals surface area contributed by atoms with Crippen LogP contribution in [0.3, 0.4) is 0 Å². The molecule has 2 aromatic rings. The Kier molecular flexibility index (Phi) is 7.28. The Hall–Kier alpha value is -3.35. The first-order valence-electron chi connectivity index (χ1n) is 10.5. The molecule has 3 N–H and O–H groups in total. The lowest BCUT2D eigenvalue weighted by Crippen LogP contribution is -2.48. The molecule has 0 heterocycles. The summed E-state index contributed by atoms with van der Waals surface area (Å²) < 4.78 is 5.45. The molecular formula is C24H28N2O5. The Morgan fingerprint density at radius 2 is 1.58 bits per heavy atom. The molecule has 1 aliphatic carbocycles. The normalized spacial score (nSPS) is 14.1. The number of carboxylic acids is 1. The van der Waals surface area contributed by atoms with Gasteiger partial charge in [-0.15, -0.1) is 0 Å². The van der Waals surface area contributed by atoms with Gasteiger partial charge in [-0.3, -0.25) is 9.59 Å². The number of carbonyl (C=O) groups excluding carboxylic acids is 2. The minimum absolute atomic E-state index is 0.0632. The van der Waals surface area contributed by atoms with Gasteiger partial charge in [0.05, 0.1) is 6.42 Å². The van der Waals surface area contributed by atoms with E-state index >= 15 is 0 Å². The number of carboxylic acid groups (broad SMARTS) is 1. The van der Waals surface area contributed by atoms with Crippen molar-refractivity contribution in [1.29, 1.82) is 0 Å². The van der Waals surface area contributed by atoms with Crippen molar-refractivity contribution < 1.29 is 24.2 Å². The second kappa shape index (κ2) is 10.1. The second-order valence-corrected chi connectivity index (χ2v) is 7.78. The zero-order chi connectivity index (χ0) is 22.4. The van der Waals surface area contributed by atoms with Crippen molar-refractivity contribution >= 4 is 18.0 Å². The summed E-state index contributed by atoms with van der Waals surface area (Å²) in [6.07, 6.45) is 0.453. The van der Waals surface area contributed by atoms with Crippen LogP contribution >= 0.6 is 0 Å². The molecule has 1 aliphatic rings. The van der Waals surface area contributed by atoms with Gasteiger partial charge < -0.3 is 20.5 Å². The zero-order valence-electron chi connectivity index (χ0n) is 17.8. The molecule has 0 aromatic heterocycles. The van der Waals surface area contributed by atoms with Gasteiger partial charge in [-0.2, -0.15) is 0 Å². The van der Waals surface area contributed by atoms with Gasteiger partial charge >= 0.3 is 12.1 Å². The first-order valence-corrected chi connectivity index (χ1v) is 10.5. The van der Waals surface area contributed by atoms with Crippen LogP contribution in [-0.4, -0.2) is 41.8 Å². The molecule has 7 heteroatoms. The molecule has 0 aliphatic heterocycles. The molecule has 2 unspecified atom stereocenters. The average molecular weight is 424 g/mol. The molecule has 0 fully saturated rings. The highest BCUT2D eigenvalue weighted by molar-refractivity contribution is 5.86. The van der Waals surface area contributed by atoms with Crippen molar-refractivity contribution in [2.75, 3.05) is 6.61 Å². The molecule has 2 amide bonds. The number of hydrogen-bond acceptors (Lipinski definition) is 4. The topological polar surface area (TPSA) is 105 Å². The summed E-state index contributed by atoms with van der Waals surface area (Å²) in [5, 5.41) is 14.2. The second-order valence-electron chi connectivity index (χ2n) is 7.78. The van der Waals surface area contributed by atoms with Crippen LogP contribution in [0.25, 0.3) is 11.1 Å². The van der Waals surface area contributed by atoms with Crippen molar-refractivity contribution in [3.05, 3.63) is 59.7 Å². The highest BCUT2D eigenvalue weighted by Crippen LogP contribution is 2.44. The Balaban J connectivity index is 1.56. The fourth-order valence-electron chi connectivity index (χ4n) is 3.99. The van der Waals surface area contributed by atoms with E-state index in [0.29, 0.717) is 6.42 Å². The van der Waals surface area contributed by atoms with Crippen LogP contribution in [0.4, 0.5) is 4.79 Å². The van der Waals surface area contributed by atoms with E-state index in [1.54, 1.807) is 6.92 Å². The molecule has 0 saturated carbocycles. The van der Waals surface area contributed by atoms with Crippen molar-refractivity contribution in [2.45, 2.75) is 51.1 Å². The lowest BCUT2D eigenvalue weighted by atomic mass is 9.98. The lowest BCUT2D eigenvalue weighted by Gasteiger charge is -2.20. The predicted molar refractivity (Wildman–Crippen MR) is 117 cm³/mol. The minimum atomic E-state index is -0.976. The molecule has 0 bridgehead atoms. The highest BCUT2D eigenvalue weighted by Gasteiger charge is 2.29. The number of hydrogen-bond donors (Lipinski definition) is 3. The molecule has 3 rings (SSSR count). The van der Waals surface area contributed by atoms with Crippen LogP contribution in [0.5, 0.6) is 0 Å². The number of nitrogens with one attached hydrogen (secondary N) is 2. The van der Waals surface area contributed by atoms with Crippen LogP contribution in [-0.2, 0) is 14.3 Å². The Bertz CT molecular complexity index is 913. The number of carbonyl (C=O) groups is 3. The Morgan fingerprint density at radius 1 is 1.00 bits per heavy atom. The molecule has 31 heavy (non-hydrogen) atoms. The quantitative estimate of drug-likeness (QED) is 0.570. The van der Waals surface area contributed by atoms with E-state index < -0.39 is 30.1 Å². The Morgan fingerprint density at radius 3 is 2.13 bits per heavy atom. The molecule has 2 atom stereocenters. The number of benzene rings is 2. The van der Waals surface area contributed by atoms with E-state index in [1.165, 1.54) is 0 Å². The van der Waals surface area contributed by atoms with Crippen molar-refractivity contribution in [2.24, 2.45) is 0 Å². The molecule has 0 spiro atoms. The number of aliphatic carboxylic acids is 1. The van der Waals surface area contributed by atoms with Gasteiger partial charge in [0, 0.05) is 12.0 Å². The number of amides is 2. The van der Waals surface area contributed by atoms with E-state index in [9.17, 15) is 14.4 Å². The minimum Gasteiger partial charge on any atom is -0.481 e. The van der Waals surface area contributed by atoms with E-state index in [1.807, 2.05) is 43.3 Å². The fraction of sp³-hybridized carbons (Fsp3) is 0.375. The summed E-state index contributed by atoms with van der Waals surface area (Å²) in [6, 6.07) is 14.8. The van der Waals surface area contributed by atoms with Crippen molar-refractivity contribution in [3.8, 4) is 11.1 Å². The lowest BCUT2D eigenvalue weighted by molar-refractivity contribution is -0.137. The van der Waals surface area contributed by atoms with Gasteiger partial charge in [0.2, 0.25) is 5.91 Å². The zero-order valence-corrected chi connectivity index (χ0v) is 17.8. The fourth-order valence-corrected chi connectivity index (χ4v) is 3.99. The Labute approximate surface area is 181 Å². The highest BCUT2D eigenvalue weighted by atomic mass is 16.5. The van der Waals surface area contributed by atoms with Crippen LogP contribution in [0, 0.1) is 0 Å². The molecule has 7 nitrogen and oxygen atoms in total. The maximum atomic E-state index is 12.4. The van der Waals surface area contributed by atoms with Gasteiger partial charge in [-0.25, -0.2) is 4.79 Å². The van der Waals surface area contributed by atoms with Gasteiger partial charge in [0.15, 0.2) is 0 Å². The maximum Gasteiger partial charge on any atom is 0.407 e. The van der Waals surface area contributed by atoms with Crippen molar-refractivity contribution in [3.63, 3.8) is 0 Å². The predicted octanol–water partition coefficient (Wildman–Crippen LogP) is 3.67. The van der Waals surface area contributed by atoms with E-state index in [-0.39, 0.29) is 18.9 Å². The summed E-state index contributed by atoms with van der Waals surface area (Å²) in [5.74, 6) is -1.48. The van der Waals surface area contributed by atoms with E-state index in [4.69, 9.17) is 9.84 Å². The third-order valence-corrected chi connectivity index (χ3v) is 5.48. The number of alkyl carbamates (subject to hydrolysis) is 1. The monoisotopic (exact) mass is 424 g/mol. The van der Waals surface area contributed by atoms with E-state index in [2.05, 4.69) is 22.8 Å². The number of ether oxygens (including phenoxy) is 1. The van der Waals surface area contributed by atoms with Gasteiger partial charge in [0.25, 0.3) is 0 Å². The third-order valence-electron chi connectivity index (χ3n) is 5.48. The summed E-state index contributed by atoms with van der Waals surface area (Å²) in [6.45, 7) is 3.62. The maximum absolute atomic E-state index is 12.4.